The Hall–Kier alpha value is -3.19. The Morgan fingerprint density at radius 1 is 1.12 bits per heavy atom. The van der Waals surface area contributed by atoms with Crippen LogP contribution in [0.15, 0.2) is 48.5 Å². The van der Waals surface area contributed by atoms with Gasteiger partial charge in [0.25, 0.3) is 0 Å². The predicted octanol–water partition coefficient (Wildman–Crippen LogP) is 4.10. The van der Waals surface area contributed by atoms with Gasteiger partial charge in [-0.15, -0.1) is 0 Å². The number of carbonyl (C=O) groups excluding carboxylic acids is 1. The van der Waals surface area contributed by atoms with Crippen LogP contribution in [0.1, 0.15) is 22.4 Å². The van der Waals surface area contributed by atoms with Crippen molar-refractivity contribution >= 4 is 22.5 Å². The van der Waals surface area contributed by atoms with Gasteiger partial charge in [0.15, 0.2) is 0 Å². The molecule has 1 amide bonds. The molecule has 0 aliphatic rings. The van der Waals surface area contributed by atoms with E-state index in [0.29, 0.717) is 6.42 Å². The van der Waals surface area contributed by atoms with Gasteiger partial charge in [-0.05, 0) is 48.7 Å². The van der Waals surface area contributed by atoms with Gasteiger partial charge in [0.05, 0.1) is 24.4 Å². The number of fused-ring (bicyclic) bond motifs is 1. The Bertz CT molecular complexity index is 969. The van der Waals surface area contributed by atoms with Crippen molar-refractivity contribution in [2.24, 2.45) is 0 Å². The molecular weight excluding hydrogens is 310 g/mol. The molecule has 3 rings (SSSR count). The molecule has 0 fully saturated rings. The minimum absolute atomic E-state index is 0.0729. The molecule has 0 aliphatic heterocycles. The number of nitrogens with one attached hydrogen (secondary N) is 1. The van der Waals surface area contributed by atoms with Crippen molar-refractivity contribution in [1.82, 2.24) is 4.98 Å². The van der Waals surface area contributed by atoms with Crippen molar-refractivity contribution in [3.63, 3.8) is 0 Å². The van der Waals surface area contributed by atoms with Crippen molar-refractivity contribution in [2.45, 2.75) is 26.7 Å². The summed E-state index contributed by atoms with van der Waals surface area (Å²) in [5, 5.41) is 12.7. The largest absolute Gasteiger partial charge is 0.326 e. The van der Waals surface area contributed by atoms with Crippen LogP contribution in [0.5, 0.6) is 0 Å². The number of nitriles is 1. The Labute approximate surface area is 147 Å². The third kappa shape index (κ3) is 3.67. The topological polar surface area (TPSA) is 65.8 Å². The highest BCUT2D eigenvalue weighted by Crippen LogP contribution is 2.23. The van der Waals surface area contributed by atoms with Crippen molar-refractivity contribution in [1.29, 1.82) is 5.26 Å². The number of para-hydroxylation sites is 1. The summed E-state index contributed by atoms with van der Waals surface area (Å²) >= 11 is 0. The SMILES string of the molecule is Cc1nc2ccccc2c(C)c1CC(=O)Nc1ccc(CC#N)cc1. The second-order valence-corrected chi connectivity index (χ2v) is 6.07. The number of nitrogens with zero attached hydrogens (tertiary/aromatic N) is 2. The van der Waals surface area contributed by atoms with Crippen molar-refractivity contribution < 1.29 is 4.79 Å². The quantitative estimate of drug-likeness (QED) is 0.783. The molecule has 1 heterocycles. The van der Waals surface area contributed by atoms with E-state index in [0.717, 1.165) is 39.0 Å². The number of amides is 1. The number of pyridine rings is 1. The monoisotopic (exact) mass is 329 g/mol. The van der Waals surface area contributed by atoms with Crippen molar-refractivity contribution in [3.8, 4) is 6.07 Å². The molecule has 2 aromatic carbocycles. The lowest BCUT2D eigenvalue weighted by atomic mass is 9.99. The van der Waals surface area contributed by atoms with E-state index in [1.54, 1.807) is 0 Å². The van der Waals surface area contributed by atoms with Crippen LogP contribution < -0.4 is 5.32 Å². The predicted molar refractivity (Wildman–Crippen MR) is 99.3 cm³/mol. The van der Waals surface area contributed by atoms with Gasteiger partial charge in [0, 0.05) is 16.8 Å². The fourth-order valence-corrected chi connectivity index (χ4v) is 2.99. The Kier molecular flexibility index (Phi) is 4.76. The maximum absolute atomic E-state index is 12.4. The minimum Gasteiger partial charge on any atom is -0.326 e. The second-order valence-electron chi connectivity index (χ2n) is 6.07. The van der Waals surface area contributed by atoms with Gasteiger partial charge in [-0.2, -0.15) is 5.26 Å². The molecule has 4 heteroatoms. The van der Waals surface area contributed by atoms with Crippen LogP contribution in [0.4, 0.5) is 5.69 Å². The second kappa shape index (κ2) is 7.14. The van der Waals surface area contributed by atoms with Crippen molar-refractivity contribution in [2.75, 3.05) is 5.32 Å². The van der Waals surface area contributed by atoms with E-state index in [-0.39, 0.29) is 12.3 Å². The van der Waals surface area contributed by atoms with Crippen molar-refractivity contribution in [3.05, 3.63) is 70.9 Å². The van der Waals surface area contributed by atoms with Crippen LogP contribution in [0, 0.1) is 25.2 Å². The molecule has 124 valence electrons. The van der Waals surface area contributed by atoms with Crippen LogP contribution in [-0.2, 0) is 17.6 Å². The van der Waals surface area contributed by atoms with E-state index in [9.17, 15) is 4.79 Å². The molecule has 0 bridgehead atoms. The molecule has 0 saturated carbocycles. The molecule has 0 atom stereocenters. The molecule has 0 saturated heterocycles. The molecule has 0 spiro atoms. The van der Waals surface area contributed by atoms with Gasteiger partial charge < -0.3 is 5.32 Å². The van der Waals surface area contributed by atoms with E-state index < -0.39 is 0 Å². The molecule has 25 heavy (non-hydrogen) atoms. The summed E-state index contributed by atoms with van der Waals surface area (Å²) in [6.07, 6.45) is 0.658. The van der Waals surface area contributed by atoms with Gasteiger partial charge in [-0.25, -0.2) is 0 Å². The summed E-state index contributed by atoms with van der Waals surface area (Å²) in [5.41, 5.74) is 5.58. The molecule has 0 aliphatic carbocycles. The maximum Gasteiger partial charge on any atom is 0.228 e. The average molecular weight is 329 g/mol. The van der Waals surface area contributed by atoms with Crippen LogP contribution in [0.25, 0.3) is 10.9 Å². The molecule has 1 N–H and O–H groups in total. The van der Waals surface area contributed by atoms with Crippen LogP contribution in [0.3, 0.4) is 0 Å². The number of hydrogen-bond acceptors (Lipinski definition) is 3. The standard InChI is InChI=1S/C21H19N3O/c1-14-18-5-3-4-6-20(18)23-15(2)19(14)13-21(25)24-17-9-7-16(8-10-17)11-12-22/h3-10H,11,13H2,1-2H3,(H,24,25). The number of carbonyl (C=O) groups is 1. The van der Waals surface area contributed by atoms with Gasteiger partial charge in [0.1, 0.15) is 0 Å². The Balaban J connectivity index is 1.79. The summed E-state index contributed by atoms with van der Waals surface area (Å²) in [4.78, 5) is 17.1. The number of rotatable bonds is 4. The zero-order chi connectivity index (χ0) is 17.8. The molecule has 3 aromatic rings. The molecule has 0 radical (unpaired) electrons. The Morgan fingerprint density at radius 2 is 1.84 bits per heavy atom. The Morgan fingerprint density at radius 3 is 2.56 bits per heavy atom. The number of aryl methyl sites for hydroxylation is 2. The first-order chi connectivity index (χ1) is 12.1. The third-order valence-corrected chi connectivity index (χ3v) is 4.34. The highest BCUT2D eigenvalue weighted by Gasteiger charge is 2.13. The summed E-state index contributed by atoms with van der Waals surface area (Å²) < 4.78 is 0. The lowest BCUT2D eigenvalue weighted by molar-refractivity contribution is -0.115. The minimum atomic E-state index is -0.0729. The normalized spacial score (nSPS) is 10.4. The van der Waals surface area contributed by atoms with Gasteiger partial charge in [0.2, 0.25) is 5.91 Å². The van der Waals surface area contributed by atoms with E-state index in [2.05, 4.69) is 16.4 Å². The number of hydrogen-bond donors (Lipinski definition) is 1. The first-order valence-electron chi connectivity index (χ1n) is 8.19. The van der Waals surface area contributed by atoms with E-state index >= 15 is 0 Å². The average Bonchev–Trinajstić information content (AvgIpc) is 2.60. The first kappa shape index (κ1) is 16.7. The zero-order valence-electron chi connectivity index (χ0n) is 14.3. The lowest BCUT2D eigenvalue weighted by Gasteiger charge is -2.13. The summed E-state index contributed by atoms with van der Waals surface area (Å²) in [7, 11) is 0. The van der Waals surface area contributed by atoms with E-state index in [1.165, 1.54) is 0 Å². The maximum atomic E-state index is 12.4. The number of benzene rings is 2. The van der Waals surface area contributed by atoms with Gasteiger partial charge >= 0.3 is 0 Å². The summed E-state index contributed by atoms with van der Waals surface area (Å²) in [5.74, 6) is -0.0729. The smallest absolute Gasteiger partial charge is 0.228 e. The van der Waals surface area contributed by atoms with E-state index in [4.69, 9.17) is 5.26 Å². The van der Waals surface area contributed by atoms with Gasteiger partial charge in [-0.1, -0.05) is 30.3 Å². The molecular formula is C21H19N3O. The fraction of sp³-hybridized carbons (Fsp3) is 0.190. The first-order valence-corrected chi connectivity index (χ1v) is 8.19. The number of aromatic nitrogens is 1. The van der Waals surface area contributed by atoms with Crippen LogP contribution >= 0.6 is 0 Å². The molecule has 0 unspecified atom stereocenters. The lowest BCUT2D eigenvalue weighted by Crippen LogP contribution is -2.16. The highest BCUT2D eigenvalue weighted by atomic mass is 16.1. The van der Waals surface area contributed by atoms with Crippen LogP contribution in [-0.4, -0.2) is 10.9 Å². The highest BCUT2D eigenvalue weighted by molar-refractivity contribution is 5.94. The molecule has 1 aromatic heterocycles. The fourth-order valence-electron chi connectivity index (χ4n) is 2.99. The molecule has 4 nitrogen and oxygen atoms in total. The van der Waals surface area contributed by atoms with Gasteiger partial charge in [-0.3, -0.25) is 9.78 Å². The third-order valence-electron chi connectivity index (χ3n) is 4.34. The number of anilines is 1. The van der Waals surface area contributed by atoms with Crippen LogP contribution in [0.2, 0.25) is 0 Å². The summed E-state index contributed by atoms with van der Waals surface area (Å²) in [6, 6.07) is 17.4. The zero-order valence-corrected chi connectivity index (χ0v) is 14.3. The summed E-state index contributed by atoms with van der Waals surface area (Å²) in [6.45, 7) is 3.98. The van der Waals surface area contributed by atoms with E-state index in [1.807, 2.05) is 62.4 Å².